The first-order chi connectivity index (χ1) is 22.8. The molecule has 276 valence electrons. The first kappa shape index (κ1) is 41.9. The molecule has 0 spiro atoms. The summed E-state index contributed by atoms with van der Waals surface area (Å²) >= 11 is 0. The van der Waals surface area contributed by atoms with Crippen LogP contribution < -0.4 is 0 Å². The summed E-state index contributed by atoms with van der Waals surface area (Å²) in [5.41, 5.74) is -1.69. The number of likely N-dealkylation sites (tertiary alicyclic amines) is 1. The second-order valence-corrected chi connectivity index (χ2v) is 12.9. The number of piperidine rings is 1. The standard InChI is InChI=1S/C28H33F7N2O.C9H18O2/c1-6-16(2)19-9-10-37(25(14-19)24-8-7-23(29)11-17(24)3)26(38)36(5)18(4)20-12-21(27(30,31)32)15-22(13-20)28(33,34)35;1-4-7-8(5-2)9(10)11-6-3/h7-8,11-13,15-16,18-19,25H,6,9-10,14H2,1-5H3;8H,4-7H2,1-3H3. The number of ether oxygens (including phenoxy) is 1. The maximum absolute atomic E-state index is 13.8. The first-order valence-electron chi connectivity index (χ1n) is 17.1. The van der Waals surface area contributed by atoms with Crippen molar-refractivity contribution in [3.8, 4) is 0 Å². The van der Waals surface area contributed by atoms with Crippen molar-refractivity contribution in [1.29, 1.82) is 0 Å². The average molecular weight is 705 g/mol. The lowest BCUT2D eigenvalue weighted by Gasteiger charge is -2.44. The van der Waals surface area contributed by atoms with Gasteiger partial charge in [0.25, 0.3) is 0 Å². The SMILES string of the molecule is CCC(C)C1CCN(C(=O)N(C)C(C)c2cc(C(F)(F)F)cc(C(F)(F)F)c2)C(c2ccc(F)cc2C)C1.CCCC(CC)C(=O)OCC. The molecular weight excluding hydrogens is 653 g/mol. The Morgan fingerprint density at radius 3 is 2.00 bits per heavy atom. The predicted molar refractivity (Wildman–Crippen MR) is 176 cm³/mol. The topological polar surface area (TPSA) is 49.9 Å². The van der Waals surface area contributed by atoms with Crippen LogP contribution in [0.5, 0.6) is 0 Å². The van der Waals surface area contributed by atoms with Crippen LogP contribution in [0.4, 0.5) is 35.5 Å². The van der Waals surface area contributed by atoms with Crippen LogP contribution in [-0.4, -0.2) is 42.0 Å². The molecule has 12 heteroatoms. The number of esters is 1. The highest BCUT2D eigenvalue weighted by atomic mass is 19.4. The highest BCUT2D eigenvalue weighted by Crippen LogP contribution is 2.42. The predicted octanol–water partition coefficient (Wildman–Crippen LogP) is 11.2. The van der Waals surface area contributed by atoms with Crippen molar-refractivity contribution in [3.05, 3.63) is 70.0 Å². The minimum atomic E-state index is -4.98. The molecule has 0 radical (unpaired) electrons. The number of halogens is 7. The fourth-order valence-corrected chi connectivity index (χ4v) is 6.29. The summed E-state index contributed by atoms with van der Waals surface area (Å²) in [5, 5.41) is 0. The largest absolute Gasteiger partial charge is 0.466 e. The molecule has 1 saturated heterocycles. The monoisotopic (exact) mass is 704 g/mol. The summed E-state index contributed by atoms with van der Waals surface area (Å²) in [6.45, 7) is 14.2. The van der Waals surface area contributed by atoms with E-state index in [-0.39, 0.29) is 23.5 Å². The molecule has 3 rings (SSSR count). The minimum absolute atomic E-state index is 0.0307. The first-order valence-corrected chi connectivity index (χ1v) is 17.1. The van der Waals surface area contributed by atoms with Crippen LogP contribution in [0.1, 0.15) is 120 Å². The van der Waals surface area contributed by atoms with Crippen molar-refractivity contribution >= 4 is 12.0 Å². The third-order valence-electron chi connectivity index (χ3n) is 9.65. The molecule has 0 bridgehead atoms. The summed E-state index contributed by atoms with van der Waals surface area (Å²) in [7, 11) is 1.37. The maximum Gasteiger partial charge on any atom is 0.416 e. The zero-order valence-electron chi connectivity index (χ0n) is 29.8. The van der Waals surface area contributed by atoms with Crippen LogP contribution in [0.25, 0.3) is 0 Å². The van der Waals surface area contributed by atoms with Gasteiger partial charge in [0.05, 0.1) is 35.7 Å². The third-order valence-corrected chi connectivity index (χ3v) is 9.65. The highest BCUT2D eigenvalue weighted by Gasteiger charge is 2.40. The van der Waals surface area contributed by atoms with Crippen molar-refractivity contribution < 1.29 is 45.1 Å². The summed E-state index contributed by atoms with van der Waals surface area (Å²) < 4.78 is 99.2. The Kier molecular flexibility index (Phi) is 15.4. The second-order valence-electron chi connectivity index (χ2n) is 12.9. The van der Waals surface area contributed by atoms with Gasteiger partial charge >= 0.3 is 24.4 Å². The number of aryl methyl sites for hydroxylation is 1. The Hall–Kier alpha value is -3.31. The molecule has 0 aromatic heterocycles. The van der Waals surface area contributed by atoms with E-state index in [4.69, 9.17) is 4.74 Å². The number of rotatable bonds is 10. The Morgan fingerprint density at radius 2 is 1.53 bits per heavy atom. The molecule has 2 aromatic carbocycles. The smallest absolute Gasteiger partial charge is 0.416 e. The lowest BCUT2D eigenvalue weighted by atomic mass is 9.78. The van der Waals surface area contributed by atoms with E-state index in [0.29, 0.717) is 55.5 Å². The quantitative estimate of drug-likeness (QED) is 0.183. The van der Waals surface area contributed by atoms with Gasteiger partial charge in [-0.05, 0) is 105 Å². The number of benzene rings is 2. The molecule has 5 unspecified atom stereocenters. The molecular formula is C37H51F7N2O3. The van der Waals surface area contributed by atoms with Crippen LogP contribution >= 0.6 is 0 Å². The van der Waals surface area contributed by atoms with Crippen LogP contribution in [0.15, 0.2) is 36.4 Å². The second kappa shape index (κ2) is 18.1. The minimum Gasteiger partial charge on any atom is -0.466 e. The molecule has 5 atom stereocenters. The molecule has 2 aromatic rings. The molecule has 5 nitrogen and oxygen atoms in total. The van der Waals surface area contributed by atoms with E-state index in [2.05, 4.69) is 20.8 Å². The summed E-state index contributed by atoms with van der Waals surface area (Å²) in [4.78, 5) is 27.6. The molecule has 0 aliphatic carbocycles. The van der Waals surface area contributed by atoms with Crippen LogP contribution in [-0.2, 0) is 21.9 Å². The van der Waals surface area contributed by atoms with Crippen LogP contribution in [0.2, 0.25) is 0 Å². The Balaban J connectivity index is 0.000000650. The van der Waals surface area contributed by atoms with Crippen LogP contribution in [0, 0.1) is 30.5 Å². The number of urea groups is 1. The number of carbonyl (C=O) groups is 2. The number of hydrogen-bond acceptors (Lipinski definition) is 3. The van der Waals surface area contributed by atoms with E-state index >= 15 is 0 Å². The number of carbonyl (C=O) groups excluding carboxylic acids is 2. The number of hydrogen-bond donors (Lipinski definition) is 0. The number of alkyl halides is 6. The lowest BCUT2D eigenvalue weighted by Crippen LogP contribution is -2.48. The fraction of sp³-hybridized carbons (Fsp3) is 0.622. The zero-order chi connectivity index (χ0) is 37.3. The van der Waals surface area contributed by atoms with Gasteiger partial charge in [-0.25, -0.2) is 9.18 Å². The van der Waals surface area contributed by atoms with Gasteiger partial charge in [-0.3, -0.25) is 4.79 Å². The number of nitrogens with zero attached hydrogens (tertiary/aromatic N) is 2. The van der Waals surface area contributed by atoms with Gasteiger partial charge in [0.15, 0.2) is 0 Å². The van der Waals surface area contributed by atoms with E-state index in [1.165, 1.54) is 31.0 Å². The van der Waals surface area contributed by atoms with E-state index in [1.807, 2.05) is 13.8 Å². The van der Waals surface area contributed by atoms with Gasteiger partial charge in [-0.1, -0.05) is 46.6 Å². The normalized spacial score (nSPS) is 18.6. The molecule has 1 aliphatic heterocycles. The number of amides is 2. The Labute approximate surface area is 286 Å². The van der Waals surface area contributed by atoms with Crippen LogP contribution in [0.3, 0.4) is 0 Å². The highest BCUT2D eigenvalue weighted by molar-refractivity contribution is 5.75. The molecule has 0 saturated carbocycles. The van der Waals surface area contributed by atoms with E-state index in [0.717, 1.165) is 31.2 Å². The van der Waals surface area contributed by atoms with Crippen molar-refractivity contribution in [1.82, 2.24) is 9.80 Å². The molecule has 1 fully saturated rings. The lowest BCUT2D eigenvalue weighted by molar-refractivity contribution is -0.148. The van der Waals surface area contributed by atoms with Crippen molar-refractivity contribution in [2.24, 2.45) is 17.8 Å². The van der Waals surface area contributed by atoms with Crippen molar-refractivity contribution in [2.45, 2.75) is 111 Å². The Bertz CT molecular complexity index is 1350. The Morgan fingerprint density at radius 1 is 0.939 bits per heavy atom. The van der Waals surface area contributed by atoms with Crippen molar-refractivity contribution in [3.63, 3.8) is 0 Å². The molecule has 0 N–H and O–H groups in total. The van der Waals surface area contributed by atoms with Crippen molar-refractivity contribution in [2.75, 3.05) is 20.2 Å². The summed E-state index contributed by atoms with van der Waals surface area (Å²) in [6, 6.07) is 3.74. The molecule has 1 heterocycles. The van der Waals surface area contributed by atoms with E-state index in [1.54, 1.807) is 17.9 Å². The molecule has 1 aliphatic rings. The van der Waals surface area contributed by atoms with Gasteiger partial charge in [-0.15, -0.1) is 0 Å². The third kappa shape index (κ3) is 11.4. The summed E-state index contributed by atoms with van der Waals surface area (Å²) in [5.74, 6) is 0.378. The van der Waals surface area contributed by atoms with Gasteiger partial charge in [-0.2, -0.15) is 26.3 Å². The van der Waals surface area contributed by atoms with E-state index in [9.17, 15) is 40.3 Å². The van der Waals surface area contributed by atoms with Gasteiger partial charge in [0, 0.05) is 13.6 Å². The molecule has 2 amide bonds. The molecule has 49 heavy (non-hydrogen) atoms. The van der Waals surface area contributed by atoms with E-state index < -0.39 is 47.4 Å². The maximum atomic E-state index is 13.8. The average Bonchev–Trinajstić information content (AvgIpc) is 3.05. The fourth-order valence-electron chi connectivity index (χ4n) is 6.29. The van der Waals surface area contributed by atoms with Gasteiger partial charge in [0.1, 0.15) is 5.82 Å². The van der Waals surface area contributed by atoms with Gasteiger partial charge < -0.3 is 14.5 Å². The zero-order valence-corrected chi connectivity index (χ0v) is 29.8. The van der Waals surface area contributed by atoms with Gasteiger partial charge in [0.2, 0.25) is 0 Å². The summed E-state index contributed by atoms with van der Waals surface area (Å²) in [6.07, 6.45) is -4.79.